The topological polar surface area (TPSA) is 130 Å². The molecule has 2 amide bonds. The summed E-state index contributed by atoms with van der Waals surface area (Å²) in [4.78, 5) is 30.3. The molecule has 4 unspecified atom stereocenters. The highest BCUT2D eigenvalue weighted by Gasteiger charge is 2.45. The van der Waals surface area contributed by atoms with Crippen LogP contribution in [0.15, 0.2) is 54.9 Å². The van der Waals surface area contributed by atoms with E-state index in [9.17, 15) is 31.2 Å². The molecule has 1 saturated heterocycles. The Labute approximate surface area is 269 Å². The van der Waals surface area contributed by atoms with Crippen molar-refractivity contribution >= 4 is 27.7 Å². The van der Waals surface area contributed by atoms with E-state index in [0.29, 0.717) is 32.0 Å². The number of sulfonamides is 1. The van der Waals surface area contributed by atoms with Gasteiger partial charge in [0, 0.05) is 42.7 Å². The van der Waals surface area contributed by atoms with E-state index in [-0.39, 0.29) is 41.3 Å². The van der Waals surface area contributed by atoms with E-state index in [1.165, 1.54) is 22.6 Å². The van der Waals surface area contributed by atoms with E-state index < -0.39 is 68.5 Å². The monoisotopic (exact) mass is 677 g/mol. The van der Waals surface area contributed by atoms with Crippen molar-refractivity contribution in [3.63, 3.8) is 0 Å². The molecule has 15 heteroatoms. The summed E-state index contributed by atoms with van der Waals surface area (Å²) in [5.41, 5.74) is 0.159. The smallest absolute Gasteiger partial charge is 0.407 e. The molecule has 4 atom stereocenters. The van der Waals surface area contributed by atoms with Gasteiger partial charge in [0.25, 0.3) is 0 Å². The van der Waals surface area contributed by atoms with Crippen LogP contribution in [0.1, 0.15) is 48.8 Å². The first-order valence-corrected chi connectivity index (χ1v) is 16.6. The van der Waals surface area contributed by atoms with Crippen LogP contribution in [0.2, 0.25) is 0 Å². The Morgan fingerprint density at radius 1 is 1.00 bits per heavy atom. The third-order valence-corrected chi connectivity index (χ3v) is 11.0. The van der Waals surface area contributed by atoms with Gasteiger partial charge in [0.1, 0.15) is 29.3 Å². The van der Waals surface area contributed by atoms with Crippen LogP contribution in [0.3, 0.4) is 0 Å². The summed E-state index contributed by atoms with van der Waals surface area (Å²) in [6, 6.07) is 5.00. The fraction of sp³-hybridized carbons (Fsp3) is 0.406. The molecule has 2 fully saturated rings. The lowest BCUT2D eigenvalue weighted by Gasteiger charge is -2.40. The van der Waals surface area contributed by atoms with Crippen molar-refractivity contribution < 1.29 is 40.3 Å². The normalized spacial score (nSPS) is 19.9. The van der Waals surface area contributed by atoms with Crippen molar-refractivity contribution in [2.24, 2.45) is 0 Å². The molecule has 1 aliphatic heterocycles. The molecule has 1 aromatic heterocycles. The lowest BCUT2D eigenvalue weighted by Crippen LogP contribution is -2.59. The summed E-state index contributed by atoms with van der Waals surface area (Å²) in [6.45, 7) is 2.65. The quantitative estimate of drug-likeness (QED) is 0.259. The van der Waals surface area contributed by atoms with Gasteiger partial charge in [0.05, 0.1) is 30.4 Å². The van der Waals surface area contributed by atoms with E-state index in [1.807, 2.05) is 6.92 Å². The van der Waals surface area contributed by atoms with Crippen molar-refractivity contribution in [2.45, 2.75) is 61.9 Å². The minimum absolute atomic E-state index is 0.0192. The van der Waals surface area contributed by atoms with Crippen LogP contribution in [-0.2, 0) is 26.0 Å². The molecule has 252 valence electrons. The maximum atomic E-state index is 15.3. The molecular formula is C32H35F4N5O5S. The van der Waals surface area contributed by atoms with Gasteiger partial charge in [-0.15, -0.1) is 0 Å². The van der Waals surface area contributed by atoms with Gasteiger partial charge in [-0.25, -0.2) is 30.8 Å². The number of hydrogen-bond donors (Lipinski definition) is 3. The first kappa shape index (κ1) is 34.3. The molecule has 3 N–H and O–H groups in total. The van der Waals surface area contributed by atoms with E-state index in [4.69, 9.17) is 4.74 Å². The maximum Gasteiger partial charge on any atom is 0.407 e. The fourth-order valence-corrected chi connectivity index (χ4v) is 8.31. The minimum Gasteiger partial charge on any atom is -0.453 e. The number of pyridine rings is 1. The molecule has 0 bridgehead atoms. The summed E-state index contributed by atoms with van der Waals surface area (Å²) in [5, 5.41) is 7.79. The van der Waals surface area contributed by atoms with Gasteiger partial charge >= 0.3 is 6.09 Å². The van der Waals surface area contributed by atoms with Crippen LogP contribution in [-0.4, -0.2) is 73.3 Å². The molecule has 47 heavy (non-hydrogen) atoms. The highest BCUT2D eigenvalue weighted by atomic mass is 32.2. The number of carbonyl (C=O) groups is 2. The Hall–Kier alpha value is -4.08. The molecule has 10 nitrogen and oxygen atoms in total. The summed E-state index contributed by atoms with van der Waals surface area (Å²) < 4.78 is 90.7. The van der Waals surface area contributed by atoms with Crippen molar-refractivity contribution in [3.05, 3.63) is 94.8 Å². The van der Waals surface area contributed by atoms with Gasteiger partial charge in [0.2, 0.25) is 15.9 Å². The Balaban J connectivity index is 1.46. The largest absolute Gasteiger partial charge is 0.453 e. The number of piperazine rings is 1. The van der Waals surface area contributed by atoms with Crippen molar-refractivity contribution in [2.75, 3.05) is 25.5 Å². The Bertz CT molecular complexity index is 1700. The van der Waals surface area contributed by atoms with Gasteiger partial charge in [-0.05, 0) is 68.0 Å². The van der Waals surface area contributed by atoms with E-state index in [0.717, 1.165) is 37.6 Å². The number of methoxy groups -OCH3 is 1. The average molecular weight is 678 g/mol. The van der Waals surface area contributed by atoms with Crippen molar-refractivity contribution in [1.82, 2.24) is 19.9 Å². The zero-order valence-electron chi connectivity index (χ0n) is 25.7. The molecule has 2 aliphatic rings. The van der Waals surface area contributed by atoms with Gasteiger partial charge in [-0.1, -0.05) is 12.1 Å². The Morgan fingerprint density at radius 2 is 1.68 bits per heavy atom. The molecular weight excluding hydrogens is 642 g/mol. The second kappa shape index (κ2) is 14.4. The standard InChI is InChI=1S/C32H35F4N5O5S/c1-18-14-37-15-24(41(18)47(44,45)25-8-9-25)7-10-26-27(36)16-38-17-28(26)39-31(42)30(40-32(43)46-2)29(19-3-5-21(33)6-4-19)20-11-22(34)13-23(35)12-20/h3-6,11-13,16-18,24-25,29-30,37H,7-10,14-15H2,1-2H3,(H,39,42)(H,40,43). The molecule has 5 rings (SSSR count). The number of nitrogens with zero attached hydrogens (tertiary/aromatic N) is 2. The first-order chi connectivity index (χ1) is 22.4. The minimum atomic E-state index is -3.54. The number of amides is 2. The lowest BCUT2D eigenvalue weighted by molar-refractivity contribution is -0.118. The number of alkyl carbamates (subject to hydrolysis) is 1. The summed E-state index contributed by atoms with van der Waals surface area (Å²) in [5.74, 6) is -5.46. The van der Waals surface area contributed by atoms with E-state index >= 15 is 4.39 Å². The van der Waals surface area contributed by atoms with E-state index in [2.05, 4.69) is 20.9 Å². The average Bonchev–Trinajstić information content (AvgIpc) is 3.87. The molecule has 1 aliphatic carbocycles. The number of anilines is 1. The number of hydrogen-bond acceptors (Lipinski definition) is 7. The lowest BCUT2D eigenvalue weighted by atomic mass is 9.84. The van der Waals surface area contributed by atoms with Crippen LogP contribution in [0.25, 0.3) is 0 Å². The Morgan fingerprint density at radius 3 is 2.32 bits per heavy atom. The Kier molecular flexibility index (Phi) is 10.5. The van der Waals surface area contributed by atoms with Crippen LogP contribution in [0.5, 0.6) is 0 Å². The molecule has 0 radical (unpaired) electrons. The summed E-state index contributed by atoms with van der Waals surface area (Å²) in [6.07, 6.45) is 2.56. The van der Waals surface area contributed by atoms with Crippen LogP contribution < -0.4 is 16.0 Å². The predicted molar refractivity (Wildman–Crippen MR) is 165 cm³/mol. The number of nitrogens with one attached hydrogen (secondary N) is 3. The van der Waals surface area contributed by atoms with Gasteiger partial charge in [-0.2, -0.15) is 4.31 Å². The van der Waals surface area contributed by atoms with Gasteiger partial charge in [-0.3, -0.25) is 9.78 Å². The number of ether oxygens (including phenoxy) is 1. The van der Waals surface area contributed by atoms with Crippen LogP contribution >= 0.6 is 0 Å². The molecule has 1 saturated carbocycles. The third-order valence-electron chi connectivity index (χ3n) is 8.39. The van der Waals surface area contributed by atoms with Crippen LogP contribution in [0.4, 0.5) is 28.0 Å². The second-order valence-electron chi connectivity index (χ2n) is 11.8. The SMILES string of the molecule is COC(=O)NC(C(=O)Nc1cncc(F)c1CCC1CNCC(C)N1S(=O)(=O)C1CC1)C(c1ccc(F)cc1)c1cc(F)cc(F)c1. The van der Waals surface area contributed by atoms with Crippen LogP contribution in [0, 0.1) is 23.3 Å². The van der Waals surface area contributed by atoms with Gasteiger partial charge < -0.3 is 20.7 Å². The highest BCUT2D eigenvalue weighted by Crippen LogP contribution is 2.35. The number of halogens is 4. The number of rotatable bonds is 11. The van der Waals surface area contributed by atoms with Gasteiger partial charge in [0.15, 0.2) is 0 Å². The predicted octanol–water partition coefficient (Wildman–Crippen LogP) is 4.22. The maximum absolute atomic E-state index is 15.3. The summed E-state index contributed by atoms with van der Waals surface area (Å²) in [7, 11) is -2.48. The molecule has 2 heterocycles. The number of aromatic nitrogens is 1. The molecule has 2 aromatic carbocycles. The zero-order chi connectivity index (χ0) is 33.9. The summed E-state index contributed by atoms with van der Waals surface area (Å²) >= 11 is 0. The van der Waals surface area contributed by atoms with Crippen molar-refractivity contribution in [3.8, 4) is 0 Å². The second-order valence-corrected chi connectivity index (χ2v) is 13.9. The number of carbonyl (C=O) groups excluding carboxylic acids is 2. The van der Waals surface area contributed by atoms with Crippen molar-refractivity contribution in [1.29, 1.82) is 0 Å². The highest BCUT2D eigenvalue weighted by molar-refractivity contribution is 7.90. The van der Waals surface area contributed by atoms with E-state index in [1.54, 1.807) is 0 Å². The molecule has 3 aromatic rings. The fourth-order valence-electron chi connectivity index (χ4n) is 6.06. The third kappa shape index (κ3) is 7.91. The molecule has 0 spiro atoms. The number of benzene rings is 2. The zero-order valence-corrected chi connectivity index (χ0v) is 26.5. The first-order valence-electron chi connectivity index (χ1n) is 15.1.